The molecular weight excluding hydrogens is 232 g/mol. The van der Waals surface area contributed by atoms with Gasteiger partial charge >= 0.3 is 5.97 Å². The third kappa shape index (κ3) is 4.09. The van der Waals surface area contributed by atoms with E-state index in [2.05, 4.69) is 4.98 Å². The van der Waals surface area contributed by atoms with Crippen LogP contribution in [0, 0.1) is 6.92 Å². The summed E-state index contributed by atoms with van der Waals surface area (Å²) in [5, 5.41) is 9.40. The number of rotatable bonds is 5. The molecular formula is C9H14N2O2S2. The van der Waals surface area contributed by atoms with Gasteiger partial charge in [-0.2, -0.15) is 0 Å². The molecule has 1 atom stereocenters. The summed E-state index contributed by atoms with van der Waals surface area (Å²) >= 11 is 3.10. The summed E-state index contributed by atoms with van der Waals surface area (Å²) in [5.41, 5.74) is 6.51. The first-order valence-corrected chi connectivity index (χ1v) is 6.30. The Bertz CT molecular complexity index is 352. The highest BCUT2D eigenvalue weighted by Crippen LogP contribution is 2.34. The SMILES string of the molecule is Cc1nc(N)sc1SC(C)CCC(=O)O. The molecule has 6 heteroatoms. The maximum atomic E-state index is 10.4. The molecule has 1 rings (SSSR count). The van der Waals surface area contributed by atoms with Crippen LogP contribution in [0.2, 0.25) is 0 Å². The van der Waals surface area contributed by atoms with Crippen molar-refractivity contribution < 1.29 is 9.90 Å². The fourth-order valence-electron chi connectivity index (χ4n) is 1.08. The van der Waals surface area contributed by atoms with Crippen molar-refractivity contribution in [2.24, 2.45) is 0 Å². The van der Waals surface area contributed by atoms with E-state index in [9.17, 15) is 4.79 Å². The van der Waals surface area contributed by atoms with Gasteiger partial charge in [0.05, 0.1) is 9.90 Å². The fourth-order valence-corrected chi connectivity index (χ4v) is 3.40. The minimum Gasteiger partial charge on any atom is -0.481 e. The molecule has 0 aliphatic rings. The Kier molecular flexibility index (Phi) is 4.41. The molecule has 1 aromatic rings. The summed E-state index contributed by atoms with van der Waals surface area (Å²) in [6, 6.07) is 0. The van der Waals surface area contributed by atoms with Crippen LogP contribution < -0.4 is 5.73 Å². The van der Waals surface area contributed by atoms with Gasteiger partial charge in [-0.3, -0.25) is 4.79 Å². The molecule has 0 saturated heterocycles. The number of nitrogens with two attached hydrogens (primary N) is 1. The van der Waals surface area contributed by atoms with E-state index in [-0.39, 0.29) is 11.7 Å². The zero-order valence-electron chi connectivity index (χ0n) is 8.69. The van der Waals surface area contributed by atoms with Crippen LogP contribution in [0.15, 0.2) is 4.21 Å². The van der Waals surface area contributed by atoms with Crippen LogP contribution in [0.25, 0.3) is 0 Å². The van der Waals surface area contributed by atoms with Crippen molar-refractivity contribution >= 4 is 34.2 Å². The second-order valence-electron chi connectivity index (χ2n) is 3.29. The fraction of sp³-hybridized carbons (Fsp3) is 0.556. The first kappa shape index (κ1) is 12.3. The van der Waals surface area contributed by atoms with Crippen molar-refractivity contribution in [2.75, 3.05) is 5.73 Å². The number of aromatic nitrogens is 1. The van der Waals surface area contributed by atoms with Crippen molar-refractivity contribution in [1.29, 1.82) is 0 Å². The van der Waals surface area contributed by atoms with E-state index in [1.54, 1.807) is 11.8 Å². The number of carboxylic acid groups (broad SMARTS) is 1. The molecule has 3 N–H and O–H groups in total. The number of thiazole rings is 1. The van der Waals surface area contributed by atoms with Crippen LogP contribution in [0.1, 0.15) is 25.5 Å². The number of thioether (sulfide) groups is 1. The van der Waals surface area contributed by atoms with Crippen LogP contribution in [0.5, 0.6) is 0 Å². The maximum absolute atomic E-state index is 10.4. The summed E-state index contributed by atoms with van der Waals surface area (Å²) in [6.07, 6.45) is 0.874. The van der Waals surface area contributed by atoms with E-state index >= 15 is 0 Å². The first-order chi connectivity index (χ1) is 6.99. The Morgan fingerprint density at radius 3 is 2.87 bits per heavy atom. The van der Waals surface area contributed by atoms with Crippen LogP contribution in [-0.4, -0.2) is 21.3 Å². The van der Waals surface area contributed by atoms with Crippen molar-refractivity contribution in [3.63, 3.8) is 0 Å². The predicted molar refractivity (Wildman–Crippen MR) is 63.5 cm³/mol. The Hall–Kier alpha value is -0.750. The smallest absolute Gasteiger partial charge is 0.303 e. The summed E-state index contributed by atoms with van der Waals surface area (Å²) < 4.78 is 1.09. The molecule has 0 spiro atoms. The Morgan fingerprint density at radius 1 is 1.73 bits per heavy atom. The van der Waals surface area contributed by atoms with Gasteiger partial charge in [-0.05, 0) is 13.3 Å². The van der Waals surface area contributed by atoms with E-state index in [1.165, 1.54) is 11.3 Å². The summed E-state index contributed by atoms with van der Waals surface area (Å²) in [5.74, 6) is -0.747. The average molecular weight is 246 g/mol. The minimum atomic E-state index is -0.747. The molecule has 0 amide bonds. The number of hydrogen-bond acceptors (Lipinski definition) is 5. The van der Waals surface area contributed by atoms with E-state index in [4.69, 9.17) is 10.8 Å². The van der Waals surface area contributed by atoms with Crippen molar-refractivity contribution in [1.82, 2.24) is 4.98 Å². The quantitative estimate of drug-likeness (QED) is 0.780. The van der Waals surface area contributed by atoms with Gasteiger partial charge in [0.15, 0.2) is 5.13 Å². The number of anilines is 1. The number of nitrogens with zero attached hydrogens (tertiary/aromatic N) is 1. The Balaban J connectivity index is 2.47. The highest BCUT2D eigenvalue weighted by atomic mass is 32.2. The van der Waals surface area contributed by atoms with Crippen molar-refractivity contribution in [2.45, 2.75) is 36.1 Å². The molecule has 0 saturated carbocycles. The third-order valence-corrected chi connectivity index (χ3v) is 4.31. The van der Waals surface area contributed by atoms with Crippen LogP contribution in [0.3, 0.4) is 0 Å². The second kappa shape index (κ2) is 5.37. The average Bonchev–Trinajstić information content (AvgIpc) is 2.42. The standard InChI is InChI=1S/C9H14N2O2S2/c1-5(3-4-7(12)13)14-8-6(2)11-9(10)15-8/h5H,3-4H2,1-2H3,(H2,10,11)(H,12,13). The van der Waals surface area contributed by atoms with Gasteiger partial charge < -0.3 is 10.8 Å². The molecule has 0 fully saturated rings. The van der Waals surface area contributed by atoms with Gasteiger partial charge in [0, 0.05) is 11.7 Å². The first-order valence-electron chi connectivity index (χ1n) is 4.60. The number of aliphatic carboxylic acids is 1. The van der Waals surface area contributed by atoms with E-state index < -0.39 is 5.97 Å². The largest absolute Gasteiger partial charge is 0.481 e. The van der Waals surface area contributed by atoms with Crippen LogP contribution >= 0.6 is 23.1 Å². The topological polar surface area (TPSA) is 76.2 Å². The normalized spacial score (nSPS) is 12.7. The highest BCUT2D eigenvalue weighted by molar-refractivity contribution is 8.01. The van der Waals surface area contributed by atoms with Gasteiger partial charge in [-0.1, -0.05) is 18.3 Å². The minimum absolute atomic E-state index is 0.210. The van der Waals surface area contributed by atoms with Gasteiger partial charge in [-0.15, -0.1) is 11.8 Å². The third-order valence-electron chi connectivity index (χ3n) is 1.84. The second-order valence-corrected chi connectivity index (χ2v) is 6.02. The van der Waals surface area contributed by atoms with E-state index in [0.717, 1.165) is 9.90 Å². The van der Waals surface area contributed by atoms with Gasteiger partial charge in [0.25, 0.3) is 0 Å². The van der Waals surface area contributed by atoms with Crippen LogP contribution in [-0.2, 0) is 4.79 Å². The lowest BCUT2D eigenvalue weighted by atomic mass is 10.2. The molecule has 0 aromatic carbocycles. The molecule has 0 bridgehead atoms. The lowest BCUT2D eigenvalue weighted by molar-refractivity contribution is -0.137. The van der Waals surface area contributed by atoms with E-state index in [1.807, 2.05) is 13.8 Å². The molecule has 1 unspecified atom stereocenters. The number of hydrogen-bond donors (Lipinski definition) is 2. The molecule has 84 valence electrons. The molecule has 15 heavy (non-hydrogen) atoms. The zero-order chi connectivity index (χ0) is 11.4. The number of nitrogen functional groups attached to an aromatic ring is 1. The lowest BCUT2D eigenvalue weighted by Gasteiger charge is -2.07. The summed E-state index contributed by atoms with van der Waals surface area (Å²) in [6.45, 7) is 3.93. The van der Waals surface area contributed by atoms with Crippen LogP contribution in [0.4, 0.5) is 5.13 Å². The van der Waals surface area contributed by atoms with Gasteiger partial charge in [0.1, 0.15) is 0 Å². The van der Waals surface area contributed by atoms with Gasteiger partial charge in [0.2, 0.25) is 0 Å². The molecule has 1 heterocycles. The Labute approximate surface area is 96.9 Å². The van der Waals surface area contributed by atoms with Crippen molar-refractivity contribution in [3.05, 3.63) is 5.69 Å². The molecule has 1 aromatic heterocycles. The summed E-state index contributed by atoms with van der Waals surface area (Å²) in [7, 11) is 0. The predicted octanol–water partition coefficient (Wildman–Crippen LogP) is 2.38. The van der Waals surface area contributed by atoms with E-state index in [0.29, 0.717) is 11.6 Å². The monoisotopic (exact) mass is 246 g/mol. The lowest BCUT2D eigenvalue weighted by Crippen LogP contribution is -2.01. The number of carbonyl (C=O) groups is 1. The number of carboxylic acids is 1. The molecule has 0 radical (unpaired) electrons. The highest BCUT2D eigenvalue weighted by Gasteiger charge is 2.11. The summed E-state index contributed by atoms with van der Waals surface area (Å²) in [4.78, 5) is 14.5. The van der Waals surface area contributed by atoms with Gasteiger partial charge in [-0.25, -0.2) is 4.98 Å². The zero-order valence-corrected chi connectivity index (χ0v) is 10.3. The van der Waals surface area contributed by atoms with Crippen molar-refractivity contribution in [3.8, 4) is 0 Å². The Morgan fingerprint density at radius 2 is 2.40 bits per heavy atom. The maximum Gasteiger partial charge on any atom is 0.303 e. The molecule has 0 aliphatic heterocycles. The number of aryl methyl sites for hydroxylation is 1. The molecule has 0 aliphatic carbocycles. The molecule has 4 nitrogen and oxygen atoms in total.